The van der Waals surface area contributed by atoms with Crippen LogP contribution in [0.15, 0.2) is 29.6 Å². The molecule has 3 N–H and O–H groups in total. The van der Waals surface area contributed by atoms with Gasteiger partial charge in [-0.05, 0) is 24.1 Å². The number of likely N-dealkylation sites (N-methyl/N-ethyl adjacent to an activating group) is 1. The molecule has 87 valence electrons. The maximum Gasteiger partial charge on any atom is 0.266 e. The van der Waals surface area contributed by atoms with Crippen molar-refractivity contribution in [3.05, 3.63) is 41.2 Å². The van der Waals surface area contributed by atoms with E-state index < -0.39 is 0 Å². The molecular formula is C13H14N3O. The largest absolute Gasteiger partial charge is 0.369 e. The van der Waals surface area contributed by atoms with Gasteiger partial charge in [-0.3, -0.25) is 4.79 Å². The van der Waals surface area contributed by atoms with Gasteiger partial charge >= 0.3 is 0 Å². The minimum absolute atomic E-state index is 0.276. The van der Waals surface area contributed by atoms with Crippen molar-refractivity contribution in [2.45, 2.75) is 12.3 Å². The molecule has 0 fully saturated rings. The highest BCUT2D eigenvalue weighted by Crippen LogP contribution is 2.44. The highest BCUT2D eigenvalue weighted by molar-refractivity contribution is 5.94. The van der Waals surface area contributed by atoms with Crippen molar-refractivity contribution in [3.8, 4) is 0 Å². The van der Waals surface area contributed by atoms with Crippen molar-refractivity contribution >= 4 is 11.6 Å². The van der Waals surface area contributed by atoms with E-state index in [1.54, 1.807) is 0 Å². The monoisotopic (exact) mass is 228 g/mol. The van der Waals surface area contributed by atoms with Gasteiger partial charge in [0.2, 0.25) is 0 Å². The smallest absolute Gasteiger partial charge is 0.266 e. The number of carbonyl (C=O) groups is 1. The summed E-state index contributed by atoms with van der Waals surface area (Å²) in [5.74, 6) is -0.0882. The van der Waals surface area contributed by atoms with Crippen LogP contribution in [-0.2, 0) is 4.79 Å². The number of amides is 1. The molecule has 2 aliphatic heterocycles. The summed E-state index contributed by atoms with van der Waals surface area (Å²) in [6.07, 6.45) is 1.01. The molecule has 1 radical (unpaired) electrons. The van der Waals surface area contributed by atoms with Crippen LogP contribution in [0.1, 0.15) is 17.9 Å². The summed E-state index contributed by atoms with van der Waals surface area (Å²) in [6.45, 7) is 0.853. The van der Waals surface area contributed by atoms with Gasteiger partial charge in [0.05, 0.1) is 5.70 Å². The molecule has 0 spiro atoms. The van der Waals surface area contributed by atoms with Gasteiger partial charge in [-0.25, -0.2) is 0 Å². The topological polar surface area (TPSA) is 58.4 Å². The Labute approximate surface area is 100 Å². The van der Waals surface area contributed by atoms with E-state index in [0.717, 1.165) is 24.4 Å². The second-order valence-electron chi connectivity index (χ2n) is 4.53. The fourth-order valence-corrected chi connectivity index (χ4v) is 2.73. The van der Waals surface area contributed by atoms with Gasteiger partial charge in [0.15, 0.2) is 0 Å². The Balaban J connectivity index is 2.14. The van der Waals surface area contributed by atoms with Crippen LogP contribution in [0.3, 0.4) is 0 Å². The van der Waals surface area contributed by atoms with Crippen LogP contribution >= 0.6 is 0 Å². The molecule has 2 aliphatic rings. The number of carbonyl (C=O) groups excluding carboxylic acids is 1. The summed E-state index contributed by atoms with van der Waals surface area (Å²) >= 11 is 0. The summed E-state index contributed by atoms with van der Waals surface area (Å²) in [5, 5.41) is 3.30. The number of fused-ring (bicyclic) bond motifs is 3. The first-order chi connectivity index (χ1) is 8.18. The third-order valence-corrected chi connectivity index (χ3v) is 3.51. The molecule has 1 aromatic rings. The van der Waals surface area contributed by atoms with E-state index in [2.05, 4.69) is 17.4 Å². The number of primary amides is 1. The second-order valence-corrected chi connectivity index (χ2v) is 4.53. The fraction of sp³-hybridized carbons (Fsp3) is 0.308. The SMILES string of the molecule is CN1CCC2C(=C1C(N)=O)Nc1c[c]ccc12. The molecule has 1 amide bonds. The van der Waals surface area contributed by atoms with Gasteiger partial charge in [-0.1, -0.05) is 12.1 Å². The maximum absolute atomic E-state index is 11.5. The average Bonchev–Trinajstić information content (AvgIpc) is 2.66. The van der Waals surface area contributed by atoms with Crippen molar-refractivity contribution < 1.29 is 4.79 Å². The zero-order valence-electron chi connectivity index (χ0n) is 9.66. The van der Waals surface area contributed by atoms with Gasteiger partial charge in [0, 0.05) is 25.2 Å². The Bertz CT molecular complexity index is 521. The number of nitrogens with zero attached hydrogens (tertiary/aromatic N) is 1. The molecule has 0 bridgehead atoms. The first-order valence-corrected chi connectivity index (χ1v) is 5.70. The predicted molar refractivity (Wildman–Crippen MR) is 65.1 cm³/mol. The van der Waals surface area contributed by atoms with Gasteiger partial charge in [-0.2, -0.15) is 0 Å². The second kappa shape index (κ2) is 3.52. The number of rotatable bonds is 1. The van der Waals surface area contributed by atoms with Crippen LogP contribution in [-0.4, -0.2) is 24.4 Å². The van der Waals surface area contributed by atoms with Crippen LogP contribution in [0.2, 0.25) is 0 Å². The van der Waals surface area contributed by atoms with E-state index >= 15 is 0 Å². The minimum Gasteiger partial charge on any atom is -0.369 e. The van der Waals surface area contributed by atoms with Gasteiger partial charge < -0.3 is 16.0 Å². The molecule has 17 heavy (non-hydrogen) atoms. The van der Waals surface area contributed by atoms with Crippen LogP contribution in [0.5, 0.6) is 0 Å². The summed E-state index contributed by atoms with van der Waals surface area (Å²) in [6, 6.07) is 8.93. The first kappa shape index (κ1) is 10.2. The molecular weight excluding hydrogens is 214 g/mol. The predicted octanol–water partition coefficient (Wildman–Crippen LogP) is 1.03. The van der Waals surface area contributed by atoms with E-state index in [1.807, 2.05) is 24.1 Å². The van der Waals surface area contributed by atoms with E-state index in [1.165, 1.54) is 5.56 Å². The molecule has 0 saturated carbocycles. The standard InChI is InChI=1S/C13H14N3O/c1-16-7-6-9-8-4-2-3-5-10(8)15-11(9)12(16)13(14)17/h2,4-5,9,15H,6-7H2,1H3,(H2,14,17). The quantitative estimate of drug-likeness (QED) is 0.754. The Kier molecular flexibility index (Phi) is 2.11. The lowest BCUT2D eigenvalue weighted by Crippen LogP contribution is -2.36. The Morgan fingerprint density at radius 2 is 2.47 bits per heavy atom. The fourth-order valence-electron chi connectivity index (χ4n) is 2.73. The highest BCUT2D eigenvalue weighted by Gasteiger charge is 2.35. The van der Waals surface area contributed by atoms with E-state index in [-0.39, 0.29) is 11.8 Å². The molecule has 0 aliphatic carbocycles. The lowest BCUT2D eigenvalue weighted by atomic mass is 9.91. The third kappa shape index (κ3) is 1.40. The van der Waals surface area contributed by atoms with Crippen LogP contribution in [0.4, 0.5) is 5.69 Å². The Hall–Kier alpha value is -1.97. The van der Waals surface area contributed by atoms with Crippen molar-refractivity contribution in [2.75, 3.05) is 18.9 Å². The molecule has 0 aromatic heterocycles. The summed E-state index contributed by atoms with van der Waals surface area (Å²) in [5.41, 5.74) is 9.30. The minimum atomic E-state index is -0.364. The highest BCUT2D eigenvalue weighted by atomic mass is 16.1. The van der Waals surface area contributed by atoms with E-state index in [9.17, 15) is 4.79 Å². The van der Waals surface area contributed by atoms with Gasteiger partial charge in [0.25, 0.3) is 5.91 Å². The van der Waals surface area contributed by atoms with E-state index in [4.69, 9.17) is 5.73 Å². The van der Waals surface area contributed by atoms with Crippen molar-refractivity contribution in [2.24, 2.45) is 5.73 Å². The molecule has 1 unspecified atom stereocenters. The normalized spacial score (nSPS) is 21.9. The van der Waals surface area contributed by atoms with Crippen molar-refractivity contribution in [1.29, 1.82) is 0 Å². The maximum atomic E-state index is 11.5. The third-order valence-electron chi connectivity index (χ3n) is 3.51. The summed E-state index contributed by atoms with van der Waals surface area (Å²) < 4.78 is 0. The number of hydrogen-bond acceptors (Lipinski definition) is 3. The van der Waals surface area contributed by atoms with Gasteiger partial charge in [0.1, 0.15) is 5.70 Å². The summed E-state index contributed by atoms with van der Waals surface area (Å²) in [7, 11) is 1.90. The molecule has 3 rings (SSSR count). The Morgan fingerprint density at radius 1 is 1.65 bits per heavy atom. The number of nitrogens with one attached hydrogen (secondary N) is 1. The molecule has 1 aromatic carbocycles. The average molecular weight is 228 g/mol. The number of allylic oxidation sites excluding steroid dienone is 1. The number of benzene rings is 1. The first-order valence-electron chi connectivity index (χ1n) is 5.70. The number of anilines is 1. The molecule has 0 saturated heterocycles. The Morgan fingerprint density at radius 3 is 3.24 bits per heavy atom. The zero-order chi connectivity index (χ0) is 12.0. The lowest BCUT2D eigenvalue weighted by molar-refractivity contribution is -0.116. The van der Waals surface area contributed by atoms with Crippen molar-refractivity contribution in [3.63, 3.8) is 0 Å². The molecule has 1 atom stereocenters. The van der Waals surface area contributed by atoms with Crippen LogP contribution in [0, 0.1) is 6.07 Å². The summed E-state index contributed by atoms with van der Waals surface area (Å²) in [4.78, 5) is 13.5. The molecule has 4 nitrogen and oxygen atoms in total. The van der Waals surface area contributed by atoms with Crippen molar-refractivity contribution in [1.82, 2.24) is 4.90 Å². The number of hydrogen-bond donors (Lipinski definition) is 2. The lowest BCUT2D eigenvalue weighted by Gasteiger charge is -2.30. The zero-order valence-corrected chi connectivity index (χ0v) is 9.66. The molecule has 4 heteroatoms. The van der Waals surface area contributed by atoms with Gasteiger partial charge in [-0.15, -0.1) is 0 Å². The van der Waals surface area contributed by atoms with Crippen LogP contribution < -0.4 is 11.1 Å². The molecule has 2 heterocycles. The number of nitrogens with two attached hydrogens (primary N) is 1. The van der Waals surface area contributed by atoms with Crippen LogP contribution in [0.25, 0.3) is 0 Å². The van der Waals surface area contributed by atoms with E-state index in [0.29, 0.717) is 5.70 Å².